The predicted molar refractivity (Wildman–Crippen MR) is 165 cm³/mol. The van der Waals surface area contributed by atoms with Gasteiger partial charge in [-0.05, 0) is 58.9 Å². The van der Waals surface area contributed by atoms with E-state index in [0.717, 1.165) is 12.2 Å². The maximum Gasteiger partial charge on any atom is 0.250 e. The van der Waals surface area contributed by atoms with E-state index in [1.165, 1.54) is 16.7 Å². The Bertz CT molecular complexity index is 1040. The molecule has 2 nitrogen and oxygen atoms in total. The van der Waals surface area contributed by atoms with Crippen molar-refractivity contribution in [2.45, 2.75) is 122 Å². The van der Waals surface area contributed by atoms with Crippen LogP contribution in [0.2, 0.25) is 34.8 Å². The SMILES string of the molecule is Cc1ccc(C2C=C(O[Si](C)(C)C(C)(C)C)CC2(O[Si](C(C)C)(C(C)C)C(C)C)c2ccccc2)cc1. The quantitative estimate of drug-likeness (QED) is 0.297. The van der Waals surface area contributed by atoms with E-state index in [4.69, 9.17) is 8.85 Å². The number of hydrogen-bond acceptors (Lipinski definition) is 2. The molecule has 2 atom stereocenters. The summed E-state index contributed by atoms with van der Waals surface area (Å²) < 4.78 is 15.0. The summed E-state index contributed by atoms with van der Waals surface area (Å²) in [6.45, 7) is 28.2. The molecular weight excluding hydrogens is 485 g/mol. The largest absolute Gasteiger partial charge is 0.547 e. The molecule has 37 heavy (non-hydrogen) atoms. The summed E-state index contributed by atoms with van der Waals surface area (Å²) in [6, 6.07) is 20.1. The molecule has 0 aromatic heterocycles. The lowest BCUT2D eigenvalue weighted by atomic mass is 9.79. The second kappa shape index (κ2) is 10.9. The maximum absolute atomic E-state index is 7.91. The summed E-state index contributed by atoms with van der Waals surface area (Å²) in [5.41, 5.74) is 4.86. The minimum absolute atomic E-state index is 0.0957. The molecule has 0 fully saturated rings. The molecule has 0 saturated heterocycles. The number of rotatable bonds is 9. The fourth-order valence-corrected chi connectivity index (χ4v) is 13.0. The van der Waals surface area contributed by atoms with Crippen LogP contribution in [0.1, 0.15) is 91.3 Å². The van der Waals surface area contributed by atoms with Gasteiger partial charge in [0.25, 0.3) is 0 Å². The summed E-state index contributed by atoms with van der Waals surface area (Å²) in [6.07, 6.45) is 3.20. The molecule has 0 bridgehead atoms. The van der Waals surface area contributed by atoms with E-state index in [1.807, 2.05) is 0 Å². The predicted octanol–water partition coefficient (Wildman–Crippen LogP) is 10.5. The summed E-state index contributed by atoms with van der Waals surface area (Å²) in [7, 11) is -4.25. The highest BCUT2D eigenvalue weighted by atomic mass is 28.4. The van der Waals surface area contributed by atoms with Crippen molar-refractivity contribution < 1.29 is 8.85 Å². The van der Waals surface area contributed by atoms with E-state index in [9.17, 15) is 0 Å². The third-order valence-corrected chi connectivity index (χ3v) is 19.8. The van der Waals surface area contributed by atoms with Crippen molar-refractivity contribution in [3.63, 3.8) is 0 Å². The smallest absolute Gasteiger partial charge is 0.250 e. The number of hydrogen-bond donors (Lipinski definition) is 0. The first-order chi connectivity index (χ1) is 17.1. The molecule has 0 N–H and O–H groups in total. The number of benzene rings is 2. The summed E-state index contributed by atoms with van der Waals surface area (Å²) in [5, 5.41) is 0.137. The van der Waals surface area contributed by atoms with Crippen LogP contribution in [0.15, 0.2) is 66.4 Å². The highest BCUT2D eigenvalue weighted by Gasteiger charge is 2.56. The van der Waals surface area contributed by atoms with Gasteiger partial charge in [0.15, 0.2) is 0 Å². The van der Waals surface area contributed by atoms with Crippen LogP contribution < -0.4 is 0 Å². The molecule has 0 saturated carbocycles. The van der Waals surface area contributed by atoms with Crippen LogP contribution in [0, 0.1) is 6.92 Å². The molecular formula is C33H52O2Si2. The summed E-state index contributed by atoms with van der Waals surface area (Å²) in [5.74, 6) is 1.21. The molecule has 2 unspecified atom stereocenters. The highest BCUT2D eigenvalue weighted by Crippen LogP contribution is 2.57. The second-order valence-corrected chi connectivity index (χ2v) is 23.8. The average Bonchev–Trinajstić information content (AvgIpc) is 3.15. The highest BCUT2D eigenvalue weighted by molar-refractivity contribution is 6.77. The minimum atomic E-state index is -2.24. The van der Waals surface area contributed by atoms with Crippen molar-refractivity contribution in [3.05, 3.63) is 83.1 Å². The van der Waals surface area contributed by atoms with Gasteiger partial charge in [-0.25, -0.2) is 0 Å². The van der Waals surface area contributed by atoms with Gasteiger partial charge in [0.1, 0.15) is 0 Å². The van der Waals surface area contributed by atoms with Gasteiger partial charge >= 0.3 is 0 Å². The number of aryl methyl sites for hydroxylation is 1. The Morgan fingerprint density at radius 1 is 0.811 bits per heavy atom. The fraction of sp³-hybridized carbons (Fsp3) is 0.576. The van der Waals surface area contributed by atoms with Crippen molar-refractivity contribution in [2.75, 3.05) is 0 Å². The lowest BCUT2D eigenvalue weighted by molar-refractivity contribution is 0.0348. The van der Waals surface area contributed by atoms with Gasteiger partial charge in [0, 0.05) is 12.3 Å². The zero-order valence-electron chi connectivity index (χ0n) is 25.6. The molecule has 0 heterocycles. The average molecular weight is 537 g/mol. The zero-order valence-corrected chi connectivity index (χ0v) is 27.6. The van der Waals surface area contributed by atoms with E-state index in [0.29, 0.717) is 16.6 Å². The van der Waals surface area contributed by atoms with E-state index in [2.05, 4.69) is 143 Å². The topological polar surface area (TPSA) is 18.5 Å². The third kappa shape index (κ3) is 5.72. The molecule has 0 spiro atoms. The monoisotopic (exact) mass is 536 g/mol. The van der Waals surface area contributed by atoms with Gasteiger partial charge in [-0.15, -0.1) is 0 Å². The minimum Gasteiger partial charge on any atom is -0.547 e. The van der Waals surface area contributed by atoms with Gasteiger partial charge in [0.2, 0.25) is 16.6 Å². The lowest BCUT2D eigenvalue weighted by Gasteiger charge is -2.51. The van der Waals surface area contributed by atoms with Gasteiger partial charge in [-0.3, -0.25) is 0 Å². The first kappa shape index (κ1) is 29.9. The third-order valence-electron chi connectivity index (χ3n) is 9.25. The fourth-order valence-electron chi connectivity index (χ4n) is 6.27. The van der Waals surface area contributed by atoms with Crippen LogP contribution in [-0.2, 0) is 14.5 Å². The molecule has 1 aliphatic rings. The Morgan fingerprint density at radius 2 is 1.32 bits per heavy atom. The van der Waals surface area contributed by atoms with Crippen molar-refractivity contribution in [1.82, 2.24) is 0 Å². The molecule has 204 valence electrons. The summed E-state index contributed by atoms with van der Waals surface area (Å²) in [4.78, 5) is 0. The Morgan fingerprint density at radius 3 is 1.78 bits per heavy atom. The maximum atomic E-state index is 7.91. The van der Waals surface area contributed by atoms with Crippen molar-refractivity contribution in [1.29, 1.82) is 0 Å². The van der Waals surface area contributed by atoms with Crippen molar-refractivity contribution in [3.8, 4) is 0 Å². The van der Waals surface area contributed by atoms with E-state index < -0.39 is 22.2 Å². The van der Waals surface area contributed by atoms with Crippen LogP contribution in [0.25, 0.3) is 0 Å². The van der Waals surface area contributed by atoms with Gasteiger partial charge < -0.3 is 8.85 Å². The van der Waals surface area contributed by atoms with Crippen molar-refractivity contribution in [2.24, 2.45) is 0 Å². The Hall–Kier alpha value is -1.63. The Balaban J connectivity index is 2.28. The molecule has 2 aromatic carbocycles. The molecule has 2 aromatic rings. The van der Waals surface area contributed by atoms with E-state index in [1.54, 1.807) is 0 Å². The second-order valence-electron chi connectivity index (χ2n) is 13.7. The first-order valence-electron chi connectivity index (χ1n) is 14.3. The zero-order chi connectivity index (χ0) is 27.8. The van der Waals surface area contributed by atoms with Crippen LogP contribution in [-0.4, -0.2) is 16.6 Å². The van der Waals surface area contributed by atoms with Crippen molar-refractivity contribution >= 4 is 16.6 Å². The van der Waals surface area contributed by atoms with Crippen LogP contribution in [0.5, 0.6) is 0 Å². The van der Waals surface area contributed by atoms with Crippen LogP contribution in [0.3, 0.4) is 0 Å². The normalized spacial score (nSPS) is 21.2. The van der Waals surface area contributed by atoms with Gasteiger partial charge in [0.05, 0.1) is 11.4 Å². The standard InChI is InChI=1S/C33H52O2Si2/c1-24(2)37(25(3)4,26(5)6)35-33(29-16-14-13-15-17-29)23-30(34-36(11,12)32(8,9)10)22-31(33)28-20-18-27(7)19-21-28/h13-22,24-26,31H,23H2,1-12H3. The molecule has 0 aliphatic heterocycles. The molecule has 4 heteroatoms. The molecule has 0 radical (unpaired) electrons. The van der Waals surface area contributed by atoms with Crippen LogP contribution >= 0.6 is 0 Å². The Labute approximate surface area is 230 Å². The van der Waals surface area contributed by atoms with Crippen LogP contribution in [0.4, 0.5) is 0 Å². The van der Waals surface area contributed by atoms with Gasteiger partial charge in [-0.2, -0.15) is 0 Å². The van der Waals surface area contributed by atoms with E-state index in [-0.39, 0.29) is 11.0 Å². The Kier molecular flexibility index (Phi) is 8.78. The molecule has 1 aliphatic carbocycles. The van der Waals surface area contributed by atoms with E-state index >= 15 is 0 Å². The first-order valence-corrected chi connectivity index (χ1v) is 19.3. The lowest BCUT2D eigenvalue weighted by Crippen LogP contribution is -2.54. The summed E-state index contributed by atoms with van der Waals surface area (Å²) >= 11 is 0. The molecule has 3 rings (SSSR count). The molecule has 0 amide bonds. The van der Waals surface area contributed by atoms with Gasteiger partial charge in [-0.1, -0.05) is 122 Å².